The van der Waals surface area contributed by atoms with Gasteiger partial charge in [0.15, 0.2) is 5.11 Å². The van der Waals surface area contributed by atoms with Crippen LogP contribution in [0.2, 0.25) is 5.02 Å². The lowest BCUT2D eigenvalue weighted by Gasteiger charge is -2.16. The third kappa shape index (κ3) is 4.81. The smallest absolute Gasteiger partial charge is 0.170 e. The van der Waals surface area contributed by atoms with E-state index in [9.17, 15) is 0 Å². The largest absolute Gasteiger partial charge is 0.360 e. The highest BCUT2D eigenvalue weighted by Crippen LogP contribution is 2.14. The van der Waals surface area contributed by atoms with Gasteiger partial charge in [0.25, 0.3) is 0 Å². The second-order valence-corrected chi connectivity index (χ2v) is 4.64. The Morgan fingerprint density at radius 3 is 2.88 bits per heavy atom. The molecule has 88 valence electrons. The monoisotopic (exact) mass is 256 g/mol. The van der Waals surface area contributed by atoms with Gasteiger partial charge < -0.3 is 10.6 Å². The average molecular weight is 257 g/mol. The van der Waals surface area contributed by atoms with Crippen LogP contribution in [0, 0.1) is 0 Å². The number of rotatable bonds is 4. The van der Waals surface area contributed by atoms with E-state index in [-0.39, 0.29) is 0 Å². The van der Waals surface area contributed by atoms with Crippen molar-refractivity contribution < 1.29 is 0 Å². The van der Waals surface area contributed by atoms with Crippen LogP contribution < -0.4 is 10.6 Å². The van der Waals surface area contributed by atoms with Crippen molar-refractivity contribution in [2.45, 2.75) is 32.7 Å². The van der Waals surface area contributed by atoms with Crippen LogP contribution in [0.15, 0.2) is 24.3 Å². The van der Waals surface area contributed by atoms with Gasteiger partial charge in [-0.05, 0) is 43.8 Å². The maximum atomic E-state index is 5.88. The second-order valence-electron chi connectivity index (χ2n) is 3.80. The van der Waals surface area contributed by atoms with Gasteiger partial charge in [0.05, 0.1) is 0 Å². The fourth-order valence-corrected chi connectivity index (χ4v) is 1.97. The van der Waals surface area contributed by atoms with Crippen molar-refractivity contribution in [2.75, 3.05) is 5.32 Å². The predicted octanol–water partition coefficient (Wildman–Crippen LogP) is 3.82. The van der Waals surface area contributed by atoms with E-state index in [0.29, 0.717) is 16.2 Å². The molecule has 0 aliphatic rings. The van der Waals surface area contributed by atoms with Gasteiger partial charge in [0.2, 0.25) is 0 Å². The molecule has 0 amide bonds. The molecule has 1 aromatic carbocycles. The van der Waals surface area contributed by atoms with Crippen LogP contribution in [0.4, 0.5) is 5.69 Å². The van der Waals surface area contributed by atoms with Gasteiger partial charge in [-0.25, -0.2) is 0 Å². The van der Waals surface area contributed by atoms with Gasteiger partial charge in [-0.1, -0.05) is 31.0 Å². The van der Waals surface area contributed by atoms with Crippen molar-refractivity contribution in [3.63, 3.8) is 0 Å². The lowest BCUT2D eigenvalue weighted by molar-refractivity contribution is 0.599. The van der Waals surface area contributed by atoms with Crippen LogP contribution in [0.1, 0.15) is 26.7 Å². The number of thiocarbonyl (C=S) groups is 1. The third-order valence-electron chi connectivity index (χ3n) is 2.18. The lowest BCUT2D eigenvalue weighted by Crippen LogP contribution is -2.35. The minimum absolute atomic E-state index is 0.393. The van der Waals surface area contributed by atoms with E-state index in [1.807, 2.05) is 24.3 Å². The Labute approximate surface area is 107 Å². The summed E-state index contributed by atoms with van der Waals surface area (Å²) in [4.78, 5) is 0. The number of halogens is 1. The number of anilines is 1. The Balaban J connectivity index is 2.45. The molecule has 0 saturated carbocycles. The summed E-state index contributed by atoms with van der Waals surface area (Å²) in [6, 6.07) is 7.90. The summed E-state index contributed by atoms with van der Waals surface area (Å²) in [5.41, 5.74) is 0.911. The normalized spacial score (nSPS) is 11.9. The molecule has 1 aromatic rings. The molecule has 2 nitrogen and oxygen atoms in total. The Morgan fingerprint density at radius 2 is 2.25 bits per heavy atom. The van der Waals surface area contributed by atoms with Crippen molar-refractivity contribution in [3.05, 3.63) is 29.3 Å². The van der Waals surface area contributed by atoms with E-state index in [4.69, 9.17) is 23.8 Å². The van der Waals surface area contributed by atoms with Crippen LogP contribution in [-0.2, 0) is 0 Å². The molecule has 0 aliphatic carbocycles. The second kappa shape index (κ2) is 6.71. The molecule has 0 bridgehead atoms. The highest BCUT2D eigenvalue weighted by molar-refractivity contribution is 7.80. The fraction of sp³-hybridized carbons (Fsp3) is 0.417. The molecule has 16 heavy (non-hydrogen) atoms. The fourth-order valence-electron chi connectivity index (χ4n) is 1.46. The minimum atomic E-state index is 0.393. The number of nitrogens with one attached hydrogen (secondary N) is 2. The standard InChI is InChI=1S/C12H17ClN2S/c1-3-5-9(2)14-12(16)15-11-7-4-6-10(13)8-11/h4,6-9H,3,5H2,1-2H3,(H2,14,15,16)/t9-/m0/s1. The molecule has 0 aromatic heterocycles. The molecule has 0 unspecified atom stereocenters. The molecule has 0 heterocycles. The molecule has 0 saturated heterocycles. The zero-order valence-corrected chi connectivity index (χ0v) is 11.2. The number of hydrogen-bond donors (Lipinski definition) is 2. The van der Waals surface area contributed by atoms with Crippen LogP contribution in [0.5, 0.6) is 0 Å². The van der Waals surface area contributed by atoms with Crippen molar-refractivity contribution in [3.8, 4) is 0 Å². The van der Waals surface area contributed by atoms with E-state index in [0.717, 1.165) is 18.5 Å². The Morgan fingerprint density at radius 1 is 1.50 bits per heavy atom. The topological polar surface area (TPSA) is 24.1 Å². The van der Waals surface area contributed by atoms with Crippen LogP contribution in [-0.4, -0.2) is 11.2 Å². The van der Waals surface area contributed by atoms with Crippen molar-refractivity contribution in [1.29, 1.82) is 0 Å². The summed E-state index contributed by atoms with van der Waals surface area (Å²) in [5, 5.41) is 7.68. The van der Waals surface area contributed by atoms with Crippen LogP contribution >= 0.6 is 23.8 Å². The highest BCUT2D eigenvalue weighted by Gasteiger charge is 2.03. The molecule has 0 spiro atoms. The SMILES string of the molecule is CCC[C@H](C)NC(=S)Nc1cccc(Cl)c1. The molecule has 1 atom stereocenters. The van der Waals surface area contributed by atoms with Gasteiger partial charge in [0, 0.05) is 16.8 Å². The first kappa shape index (κ1) is 13.3. The van der Waals surface area contributed by atoms with Gasteiger partial charge in [0.1, 0.15) is 0 Å². The van der Waals surface area contributed by atoms with Crippen LogP contribution in [0.3, 0.4) is 0 Å². The van der Waals surface area contributed by atoms with E-state index in [1.165, 1.54) is 0 Å². The average Bonchev–Trinajstić information content (AvgIpc) is 2.17. The first-order valence-electron chi connectivity index (χ1n) is 5.45. The number of hydrogen-bond acceptors (Lipinski definition) is 1. The Kier molecular flexibility index (Phi) is 5.56. The van der Waals surface area contributed by atoms with Crippen molar-refractivity contribution in [1.82, 2.24) is 5.32 Å². The quantitative estimate of drug-likeness (QED) is 0.801. The summed E-state index contributed by atoms with van der Waals surface area (Å²) >= 11 is 11.1. The summed E-state index contributed by atoms with van der Waals surface area (Å²) in [7, 11) is 0. The van der Waals surface area contributed by atoms with E-state index < -0.39 is 0 Å². The summed E-state index contributed by atoms with van der Waals surface area (Å²) in [5.74, 6) is 0. The third-order valence-corrected chi connectivity index (χ3v) is 2.64. The zero-order chi connectivity index (χ0) is 12.0. The Bertz CT molecular complexity index is 355. The molecule has 4 heteroatoms. The Hall–Kier alpha value is -0.800. The van der Waals surface area contributed by atoms with Crippen molar-refractivity contribution in [2.24, 2.45) is 0 Å². The molecule has 1 rings (SSSR count). The van der Waals surface area contributed by atoms with Gasteiger partial charge in [-0.3, -0.25) is 0 Å². The maximum Gasteiger partial charge on any atom is 0.170 e. The summed E-state index contributed by atoms with van der Waals surface area (Å²) in [6.45, 7) is 4.28. The lowest BCUT2D eigenvalue weighted by atomic mass is 10.2. The first-order valence-corrected chi connectivity index (χ1v) is 6.23. The predicted molar refractivity (Wildman–Crippen MR) is 75.2 cm³/mol. The summed E-state index contributed by atoms with van der Waals surface area (Å²) < 4.78 is 0. The van der Waals surface area contributed by atoms with Crippen LogP contribution in [0.25, 0.3) is 0 Å². The van der Waals surface area contributed by atoms with E-state index in [1.54, 1.807) is 0 Å². The molecule has 0 fully saturated rings. The molecule has 2 N–H and O–H groups in total. The van der Waals surface area contributed by atoms with E-state index in [2.05, 4.69) is 24.5 Å². The molecular weight excluding hydrogens is 240 g/mol. The maximum absolute atomic E-state index is 5.88. The molecule has 0 aliphatic heterocycles. The zero-order valence-electron chi connectivity index (χ0n) is 9.59. The molecular formula is C12H17ClN2S. The van der Waals surface area contributed by atoms with Gasteiger partial charge in [-0.15, -0.1) is 0 Å². The van der Waals surface area contributed by atoms with Gasteiger partial charge in [-0.2, -0.15) is 0 Å². The number of benzene rings is 1. The van der Waals surface area contributed by atoms with Crippen molar-refractivity contribution >= 4 is 34.6 Å². The minimum Gasteiger partial charge on any atom is -0.360 e. The first-order chi connectivity index (χ1) is 7.61. The van der Waals surface area contributed by atoms with Gasteiger partial charge >= 0.3 is 0 Å². The summed E-state index contributed by atoms with van der Waals surface area (Å²) in [6.07, 6.45) is 2.26. The highest BCUT2D eigenvalue weighted by atomic mass is 35.5. The van der Waals surface area contributed by atoms with E-state index >= 15 is 0 Å². The molecule has 0 radical (unpaired) electrons.